The van der Waals surface area contributed by atoms with E-state index < -0.39 is 14.9 Å². The first-order chi connectivity index (χ1) is 12.1. The highest BCUT2D eigenvalue weighted by Crippen LogP contribution is 2.29. The Morgan fingerprint density at radius 3 is 2.46 bits per heavy atom. The molecule has 0 saturated heterocycles. The average molecular weight is 379 g/mol. The van der Waals surface area contributed by atoms with Crippen LogP contribution in [0.15, 0.2) is 41.3 Å². The molecular formula is C16H17N3O6S. The van der Waals surface area contributed by atoms with Crippen molar-refractivity contribution in [2.45, 2.75) is 18.7 Å². The third-order valence-corrected chi connectivity index (χ3v) is 4.83. The molecule has 138 valence electrons. The number of aryl methyl sites for hydroxylation is 1. The predicted molar refractivity (Wildman–Crippen MR) is 95.9 cm³/mol. The molecule has 2 rings (SSSR count). The number of nitrogens with one attached hydrogen (secondary N) is 2. The van der Waals surface area contributed by atoms with Gasteiger partial charge in [0.15, 0.2) is 0 Å². The van der Waals surface area contributed by atoms with Crippen LogP contribution in [0, 0.1) is 17.0 Å². The molecule has 0 saturated carbocycles. The van der Waals surface area contributed by atoms with Crippen molar-refractivity contribution < 1.29 is 22.9 Å². The lowest BCUT2D eigenvalue weighted by Crippen LogP contribution is -2.14. The largest absolute Gasteiger partial charge is 0.495 e. The Morgan fingerprint density at radius 2 is 1.88 bits per heavy atom. The quantitative estimate of drug-likeness (QED) is 0.587. The predicted octanol–water partition coefficient (Wildman–Crippen LogP) is 2.67. The van der Waals surface area contributed by atoms with Gasteiger partial charge in [-0.15, -0.1) is 0 Å². The minimum Gasteiger partial charge on any atom is -0.495 e. The van der Waals surface area contributed by atoms with E-state index in [0.717, 1.165) is 6.07 Å². The van der Waals surface area contributed by atoms with Crippen LogP contribution in [0.4, 0.5) is 17.1 Å². The molecule has 0 aromatic heterocycles. The molecule has 0 bridgehead atoms. The minimum atomic E-state index is -4.01. The van der Waals surface area contributed by atoms with E-state index in [0.29, 0.717) is 11.3 Å². The van der Waals surface area contributed by atoms with Crippen LogP contribution < -0.4 is 14.8 Å². The van der Waals surface area contributed by atoms with Gasteiger partial charge in [0.1, 0.15) is 5.75 Å². The number of carbonyl (C=O) groups is 1. The first-order valence-corrected chi connectivity index (χ1v) is 8.86. The van der Waals surface area contributed by atoms with E-state index in [-0.39, 0.29) is 27.9 Å². The van der Waals surface area contributed by atoms with Gasteiger partial charge in [0, 0.05) is 24.6 Å². The molecule has 2 aromatic rings. The highest BCUT2D eigenvalue weighted by Gasteiger charge is 2.19. The molecule has 0 fully saturated rings. The second kappa shape index (κ2) is 7.40. The number of nitrogens with zero attached hydrogens (tertiary/aromatic N) is 1. The van der Waals surface area contributed by atoms with Crippen LogP contribution in [0.5, 0.6) is 5.75 Å². The summed E-state index contributed by atoms with van der Waals surface area (Å²) in [5, 5.41) is 13.5. The Morgan fingerprint density at radius 1 is 1.19 bits per heavy atom. The molecule has 26 heavy (non-hydrogen) atoms. The maximum absolute atomic E-state index is 12.5. The molecule has 0 radical (unpaired) electrons. The number of rotatable bonds is 6. The Balaban J connectivity index is 2.37. The van der Waals surface area contributed by atoms with E-state index in [1.807, 2.05) is 0 Å². The summed E-state index contributed by atoms with van der Waals surface area (Å²) in [5.74, 6) is -0.165. The Labute approximate surface area is 150 Å². The van der Waals surface area contributed by atoms with Crippen molar-refractivity contribution in [2.75, 3.05) is 17.1 Å². The number of methoxy groups -OCH3 is 1. The maximum Gasteiger partial charge on any atom is 0.274 e. The number of ether oxygens (including phenoxy) is 1. The van der Waals surface area contributed by atoms with Crippen LogP contribution in [-0.4, -0.2) is 26.4 Å². The lowest BCUT2D eigenvalue weighted by atomic mass is 10.2. The second-order valence-electron chi connectivity index (χ2n) is 5.41. The van der Waals surface area contributed by atoms with Crippen LogP contribution in [-0.2, 0) is 14.8 Å². The van der Waals surface area contributed by atoms with E-state index in [9.17, 15) is 23.3 Å². The number of hydrogen-bond acceptors (Lipinski definition) is 6. The van der Waals surface area contributed by atoms with Crippen molar-refractivity contribution in [2.24, 2.45) is 0 Å². The van der Waals surface area contributed by atoms with Crippen LogP contribution in [0.25, 0.3) is 0 Å². The Hall–Kier alpha value is -3.14. The van der Waals surface area contributed by atoms with E-state index in [1.54, 1.807) is 6.92 Å². The molecule has 1 amide bonds. The van der Waals surface area contributed by atoms with Gasteiger partial charge in [-0.25, -0.2) is 8.42 Å². The fourth-order valence-corrected chi connectivity index (χ4v) is 3.28. The van der Waals surface area contributed by atoms with Crippen molar-refractivity contribution >= 4 is 33.0 Å². The SMILES string of the molecule is COc1cc(S(=O)(=O)Nc2ccc(C)c([N+](=O)[O-])c2)ccc1NC(C)=O. The third kappa shape index (κ3) is 4.28. The normalized spacial score (nSPS) is 10.9. The lowest BCUT2D eigenvalue weighted by molar-refractivity contribution is -0.385. The van der Waals surface area contributed by atoms with E-state index >= 15 is 0 Å². The first kappa shape index (κ1) is 19.2. The van der Waals surface area contributed by atoms with Gasteiger partial charge in [0.05, 0.1) is 28.3 Å². The summed E-state index contributed by atoms with van der Waals surface area (Å²) in [7, 11) is -2.67. The number of anilines is 2. The average Bonchev–Trinajstić information content (AvgIpc) is 2.55. The molecule has 0 atom stereocenters. The zero-order valence-corrected chi connectivity index (χ0v) is 15.1. The summed E-state index contributed by atoms with van der Waals surface area (Å²) in [6.07, 6.45) is 0. The number of sulfonamides is 1. The van der Waals surface area contributed by atoms with E-state index in [2.05, 4.69) is 10.0 Å². The molecule has 0 spiro atoms. The zero-order valence-electron chi connectivity index (χ0n) is 14.3. The van der Waals surface area contributed by atoms with Gasteiger partial charge < -0.3 is 10.1 Å². The van der Waals surface area contributed by atoms with Gasteiger partial charge >= 0.3 is 0 Å². The van der Waals surface area contributed by atoms with Crippen LogP contribution in [0.3, 0.4) is 0 Å². The monoisotopic (exact) mass is 379 g/mol. The molecule has 0 unspecified atom stereocenters. The number of amides is 1. The van der Waals surface area contributed by atoms with Crippen LogP contribution in [0.2, 0.25) is 0 Å². The molecule has 2 N–H and O–H groups in total. The highest BCUT2D eigenvalue weighted by atomic mass is 32.2. The maximum atomic E-state index is 12.5. The molecule has 0 heterocycles. The van der Waals surface area contributed by atoms with E-state index in [1.165, 1.54) is 44.4 Å². The van der Waals surface area contributed by atoms with Crippen molar-refractivity contribution in [3.8, 4) is 5.75 Å². The summed E-state index contributed by atoms with van der Waals surface area (Å²) in [5.41, 5.74) is 0.611. The summed E-state index contributed by atoms with van der Waals surface area (Å²) in [6, 6.07) is 7.97. The summed E-state index contributed by atoms with van der Waals surface area (Å²) in [4.78, 5) is 21.5. The molecule has 2 aromatic carbocycles. The highest BCUT2D eigenvalue weighted by molar-refractivity contribution is 7.92. The summed E-state index contributed by atoms with van der Waals surface area (Å²) in [6.45, 7) is 2.87. The fourth-order valence-electron chi connectivity index (χ4n) is 2.22. The standard InChI is InChI=1S/C16H17N3O6S/c1-10-4-5-12(8-15(10)19(21)22)18-26(23,24)13-6-7-14(17-11(2)20)16(9-13)25-3/h4-9,18H,1-3H3,(H,17,20). The van der Waals surface area contributed by atoms with Crippen molar-refractivity contribution in [1.29, 1.82) is 0 Å². The molecule has 0 aliphatic carbocycles. The van der Waals surface area contributed by atoms with E-state index in [4.69, 9.17) is 4.74 Å². The first-order valence-electron chi connectivity index (χ1n) is 7.37. The van der Waals surface area contributed by atoms with Crippen LogP contribution >= 0.6 is 0 Å². The van der Waals surface area contributed by atoms with Gasteiger partial charge in [0.2, 0.25) is 5.91 Å². The van der Waals surface area contributed by atoms with Gasteiger partial charge in [-0.3, -0.25) is 19.6 Å². The smallest absolute Gasteiger partial charge is 0.274 e. The number of carbonyl (C=O) groups excluding carboxylic acids is 1. The van der Waals surface area contributed by atoms with Gasteiger partial charge in [-0.1, -0.05) is 6.07 Å². The second-order valence-corrected chi connectivity index (χ2v) is 7.09. The number of nitro groups is 1. The van der Waals surface area contributed by atoms with Gasteiger partial charge in [-0.05, 0) is 25.1 Å². The Bertz CT molecular complexity index is 972. The van der Waals surface area contributed by atoms with Crippen molar-refractivity contribution in [3.05, 3.63) is 52.1 Å². The van der Waals surface area contributed by atoms with Crippen molar-refractivity contribution in [1.82, 2.24) is 0 Å². The van der Waals surface area contributed by atoms with Gasteiger partial charge in [0.25, 0.3) is 15.7 Å². The molecule has 10 heteroatoms. The zero-order chi connectivity index (χ0) is 19.5. The Kier molecular flexibility index (Phi) is 5.46. The molecular weight excluding hydrogens is 362 g/mol. The number of hydrogen-bond donors (Lipinski definition) is 2. The summed E-state index contributed by atoms with van der Waals surface area (Å²) < 4.78 is 32.5. The molecule has 0 aliphatic rings. The van der Waals surface area contributed by atoms with Crippen molar-refractivity contribution in [3.63, 3.8) is 0 Å². The third-order valence-electron chi connectivity index (χ3n) is 3.45. The van der Waals surface area contributed by atoms with Crippen LogP contribution in [0.1, 0.15) is 12.5 Å². The fraction of sp³-hybridized carbons (Fsp3) is 0.188. The number of benzene rings is 2. The lowest BCUT2D eigenvalue weighted by Gasteiger charge is -2.12. The van der Waals surface area contributed by atoms with Gasteiger partial charge in [-0.2, -0.15) is 0 Å². The summed E-state index contributed by atoms with van der Waals surface area (Å²) >= 11 is 0. The molecule has 0 aliphatic heterocycles. The molecule has 9 nitrogen and oxygen atoms in total. The topological polar surface area (TPSA) is 128 Å². The number of nitro benzene ring substituents is 1. The minimum absolute atomic E-state index is 0.0622.